The molecule has 2 aliphatic rings. The molecule has 29 heavy (non-hydrogen) atoms. The molecule has 2 amide bonds. The van der Waals surface area contributed by atoms with E-state index in [4.69, 9.17) is 11.6 Å². The van der Waals surface area contributed by atoms with Crippen LogP contribution in [0.3, 0.4) is 0 Å². The Bertz CT molecular complexity index is 870. The van der Waals surface area contributed by atoms with Gasteiger partial charge in [0.05, 0.1) is 17.8 Å². The van der Waals surface area contributed by atoms with Gasteiger partial charge in [0.1, 0.15) is 6.54 Å². The number of nitrogens with one attached hydrogen (secondary N) is 1. The Hall–Kier alpha value is -2.08. The molecule has 4 rings (SSSR count). The van der Waals surface area contributed by atoms with Crippen molar-refractivity contribution in [2.24, 2.45) is 5.92 Å². The van der Waals surface area contributed by atoms with Gasteiger partial charge in [0, 0.05) is 11.6 Å². The highest BCUT2D eigenvalue weighted by molar-refractivity contribution is 6.31. The average Bonchev–Trinajstić information content (AvgIpc) is 2.80. The van der Waals surface area contributed by atoms with E-state index in [0.29, 0.717) is 35.3 Å². The quantitative estimate of drug-likeness (QED) is 0.798. The molecule has 0 saturated carbocycles. The van der Waals surface area contributed by atoms with Crippen LogP contribution in [0.5, 0.6) is 0 Å². The summed E-state index contributed by atoms with van der Waals surface area (Å²) in [5.74, 6) is 0.244. The van der Waals surface area contributed by atoms with Crippen LogP contribution in [0, 0.1) is 5.92 Å². The van der Waals surface area contributed by atoms with Crippen molar-refractivity contribution in [2.45, 2.75) is 19.4 Å². The number of benzene rings is 2. The second-order valence-electron chi connectivity index (χ2n) is 7.51. The molecule has 7 heteroatoms. The Morgan fingerprint density at radius 2 is 1.76 bits per heavy atom. The molecule has 2 aliphatic heterocycles. The van der Waals surface area contributed by atoms with Crippen molar-refractivity contribution in [1.82, 2.24) is 10.2 Å². The van der Waals surface area contributed by atoms with Crippen molar-refractivity contribution < 1.29 is 9.59 Å². The lowest BCUT2D eigenvalue weighted by molar-refractivity contribution is -0.119. The number of anilines is 1. The molecule has 0 unspecified atom stereocenters. The molecule has 0 aliphatic carbocycles. The minimum atomic E-state index is -0.111. The number of halogens is 2. The Labute approximate surface area is 182 Å². The van der Waals surface area contributed by atoms with Crippen molar-refractivity contribution in [3.05, 3.63) is 64.7 Å². The van der Waals surface area contributed by atoms with Crippen LogP contribution in [0.15, 0.2) is 48.5 Å². The number of carbonyl (C=O) groups is 2. The second-order valence-corrected chi connectivity index (χ2v) is 7.94. The molecule has 0 radical (unpaired) electrons. The number of carbonyl (C=O) groups excluding carboxylic acids is 2. The monoisotopic (exact) mass is 433 g/mol. The first-order valence-electron chi connectivity index (χ1n) is 9.75. The van der Waals surface area contributed by atoms with Gasteiger partial charge in [-0.1, -0.05) is 41.9 Å². The fourth-order valence-corrected chi connectivity index (χ4v) is 4.17. The molecule has 1 fully saturated rings. The van der Waals surface area contributed by atoms with E-state index in [1.165, 1.54) is 0 Å². The smallest absolute Gasteiger partial charge is 0.256 e. The minimum absolute atomic E-state index is 0. The van der Waals surface area contributed by atoms with Gasteiger partial charge in [-0.15, -0.1) is 12.4 Å². The van der Waals surface area contributed by atoms with Crippen LogP contribution in [-0.2, 0) is 11.3 Å². The van der Waals surface area contributed by atoms with Crippen molar-refractivity contribution in [3.63, 3.8) is 0 Å². The number of piperidine rings is 1. The van der Waals surface area contributed by atoms with Gasteiger partial charge in [0.15, 0.2) is 0 Å². The topological polar surface area (TPSA) is 52.7 Å². The molecule has 2 aromatic carbocycles. The van der Waals surface area contributed by atoms with Gasteiger partial charge < -0.3 is 15.1 Å². The number of fused-ring (bicyclic) bond motifs is 1. The zero-order valence-electron chi connectivity index (χ0n) is 16.1. The van der Waals surface area contributed by atoms with E-state index < -0.39 is 0 Å². The second kappa shape index (κ2) is 9.61. The zero-order valence-corrected chi connectivity index (χ0v) is 17.7. The lowest BCUT2D eigenvalue weighted by Gasteiger charge is -2.29. The SMILES string of the molecule is Cl.O=C1c2cc(Cl)ccc2N(Cc2ccccc2)C(=O)CN1CC1CCNCC1. The van der Waals surface area contributed by atoms with Crippen LogP contribution >= 0.6 is 24.0 Å². The summed E-state index contributed by atoms with van der Waals surface area (Å²) < 4.78 is 0. The Morgan fingerprint density at radius 3 is 2.48 bits per heavy atom. The van der Waals surface area contributed by atoms with Crippen LogP contribution in [0.1, 0.15) is 28.8 Å². The number of hydrogen-bond donors (Lipinski definition) is 1. The normalized spacial score (nSPS) is 17.6. The molecule has 2 aromatic rings. The van der Waals surface area contributed by atoms with Crippen LogP contribution in [0.25, 0.3) is 0 Å². The molecule has 0 atom stereocenters. The first-order valence-corrected chi connectivity index (χ1v) is 10.1. The highest BCUT2D eigenvalue weighted by Gasteiger charge is 2.33. The Balaban J connectivity index is 0.00000240. The van der Waals surface area contributed by atoms with Gasteiger partial charge in [-0.2, -0.15) is 0 Å². The third kappa shape index (κ3) is 4.92. The van der Waals surface area contributed by atoms with Crippen molar-refractivity contribution in [2.75, 3.05) is 31.1 Å². The molecule has 1 N–H and O–H groups in total. The maximum Gasteiger partial charge on any atom is 0.256 e. The standard InChI is InChI=1S/C22H24ClN3O2.ClH/c23-18-6-7-20-19(12-18)22(28)25(13-17-8-10-24-11-9-17)15-21(27)26(20)14-16-4-2-1-3-5-16;/h1-7,12,17,24H,8-11,13-15H2;1H. The maximum atomic E-state index is 13.3. The number of amides is 2. The third-order valence-electron chi connectivity index (χ3n) is 5.52. The number of nitrogens with zero attached hydrogens (tertiary/aromatic N) is 2. The summed E-state index contributed by atoms with van der Waals surface area (Å²) in [4.78, 5) is 29.8. The fourth-order valence-electron chi connectivity index (χ4n) is 4.00. The van der Waals surface area contributed by atoms with Gasteiger partial charge in [-0.05, 0) is 55.6 Å². The minimum Gasteiger partial charge on any atom is -0.329 e. The molecular weight excluding hydrogens is 409 g/mol. The summed E-state index contributed by atoms with van der Waals surface area (Å²) in [5, 5.41) is 3.85. The molecule has 1 saturated heterocycles. The van der Waals surface area contributed by atoms with E-state index in [9.17, 15) is 9.59 Å². The Morgan fingerprint density at radius 1 is 1.03 bits per heavy atom. The predicted octanol–water partition coefficient (Wildman–Crippen LogP) is 3.75. The third-order valence-corrected chi connectivity index (χ3v) is 5.75. The molecule has 0 bridgehead atoms. The number of rotatable bonds is 4. The zero-order chi connectivity index (χ0) is 19.5. The van der Waals surface area contributed by atoms with E-state index in [2.05, 4.69) is 5.32 Å². The van der Waals surface area contributed by atoms with Crippen molar-refractivity contribution in [1.29, 1.82) is 0 Å². The molecule has 0 spiro atoms. The lowest BCUT2D eigenvalue weighted by Crippen LogP contribution is -2.43. The van der Waals surface area contributed by atoms with Crippen LogP contribution in [0.4, 0.5) is 5.69 Å². The van der Waals surface area contributed by atoms with E-state index in [-0.39, 0.29) is 30.8 Å². The van der Waals surface area contributed by atoms with Crippen molar-refractivity contribution >= 4 is 41.5 Å². The van der Waals surface area contributed by atoms with Gasteiger partial charge in [0.2, 0.25) is 5.91 Å². The van der Waals surface area contributed by atoms with Gasteiger partial charge in [0.25, 0.3) is 5.91 Å². The van der Waals surface area contributed by atoms with Crippen molar-refractivity contribution in [3.8, 4) is 0 Å². The summed E-state index contributed by atoms with van der Waals surface area (Å²) in [6.07, 6.45) is 2.04. The van der Waals surface area contributed by atoms with Gasteiger partial charge in [-0.3, -0.25) is 9.59 Å². The predicted molar refractivity (Wildman–Crippen MR) is 118 cm³/mol. The average molecular weight is 434 g/mol. The molecule has 0 aromatic heterocycles. The molecule has 5 nitrogen and oxygen atoms in total. The van der Waals surface area contributed by atoms with E-state index in [0.717, 1.165) is 31.5 Å². The van der Waals surface area contributed by atoms with E-state index in [1.807, 2.05) is 30.3 Å². The largest absolute Gasteiger partial charge is 0.329 e. The van der Waals surface area contributed by atoms with Gasteiger partial charge in [-0.25, -0.2) is 0 Å². The molecular formula is C22H25Cl2N3O2. The van der Waals surface area contributed by atoms with Gasteiger partial charge >= 0.3 is 0 Å². The maximum absolute atomic E-state index is 13.3. The van der Waals surface area contributed by atoms with Crippen LogP contribution in [-0.4, -0.2) is 42.9 Å². The fraction of sp³-hybridized carbons (Fsp3) is 0.364. The van der Waals surface area contributed by atoms with Crippen LogP contribution in [0.2, 0.25) is 5.02 Å². The first-order chi connectivity index (χ1) is 13.6. The van der Waals surface area contributed by atoms with Crippen LogP contribution < -0.4 is 10.2 Å². The number of hydrogen-bond acceptors (Lipinski definition) is 3. The lowest BCUT2D eigenvalue weighted by atomic mass is 9.97. The van der Waals surface area contributed by atoms with E-state index >= 15 is 0 Å². The molecule has 2 heterocycles. The highest BCUT2D eigenvalue weighted by Crippen LogP contribution is 2.30. The highest BCUT2D eigenvalue weighted by atomic mass is 35.5. The summed E-state index contributed by atoms with van der Waals surface area (Å²) in [7, 11) is 0. The first kappa shape index (κ1) is 21.6. The Kier molecular flexibility index (Phi) is 7.17. The summed E-state index contributed by atoms with van der Waals surface area (Å²) in [6, 6.07) is 15.0. The summed E-state index contributed by atoms with van der Waals surface area (Å²) in [6.45, 7) is 3.06. The molecule has 154 valence electrons. The van der Waals surface area contributed by atoms with E-state index in [1.54, 1.807) is 28.0 Å². The summed E-state index contributed by atoms with van der Waals surface area (Å²) in [5.41, 5.74) is 2.16. The summed E-state index contributed by atoms with van der Waals surface area (Å²) >= 11 is 6.20.